The normalized spacial score (nSPS) is 10.4. The minimum Gasteiger partial charge on any atom is -0.385 e. The first-order valence-electron chi connectivity index (χ1n) is 6.17. The summed E-state index contributed by atoms with van der Waals surface area (Å²) in [7, 11) is 3.68. The van der Waals surface area contributed by atoms with E-state index in [2.05, 4.69) is 15.3 Å². The van der Waals surface area contributed by atoms with Gasteiger partial charge in [0.1, 0.15) is 17.5 Å². The van der Waals surface area contributed by atoms with Crippen LogP contribution in [0.25, 0.3) is 0 Å². The van der Waals surface area contributed by atoms with E-state index < -0.39 is 0 Å². The van der Waals surface area contributed by atoms with E-state index in [4.69, 9.17) is 10.5 Å². The molecule has 6 nitrogen and oxygen atoms in total. The number of methoxy groups -OCH3 is 1. The molecule has 0 aliphatic heterocycles. The average molecular weight is 253 g/mol. The topological polar surface area (TPSA) is 76.3 Å². The van der Waals surface area contributed by atoms with Gasteiger partial charge in [-0.3, -0.25) is 0 Å². The van der Waals surface area contributed by atoms with Gasteiger partial charge in [-0.15, -0.1) is 0 Å². The molecule has 6 heteroatoms. The van der Waals surface area contributed by atoms with E-state index in [0.29, 0.717) is 6.54 Å². The lowest BCUT2D eigenvalue weighted by molar-refractivity contribution is 0.198. The van der Waals surface area contributed by atoms with E-state index in [0.717, 1.165) is 43.6 Å². The fourth-order valence-corrected chi connectivity index (χ4v) is 1.58. The summed E-state index contributed by atoms with van der Waals surface area (Å²) in [6, 6.07) is 1.94. The number of rotatable bonds is 8. The second-order valence-corrected chi connectivity index (χ2v) is 4.14. The van der Waals surface area contributed by atoms with Gasteiger partial charge in [-0.05, 0) is 13.3 Å². The van der Waals surface area contributed by atoms with Crippen LogP contribution >= 0.6 is 0 Å². The largest absolute Gasteiger partial charge is 0.385 e. The minimum absolute atomic E-state index is 0.607. The first-order valence-corrected chi connectivity index (χ1v) is 6.17. The molecule has 0 saturated carbocycles. The van der Waals surface area contributed by atoms with Crippen LogP contribution < -0.4 is 16.0 Å². The van der Waals surface area contributed by atoms with Gasteiger partial charge in [0.2, 0.25) is 0 Å². The number of likely N-dealkylation sites (N-methyl/N-ethyl adjacent to an activating group) is 1. The number of hydrogen-bond donors (Lipinski definition) is 2. The Morgan fingerprint density at radius 3 is 2.89 bits per heavy atom. The van der Waals surface area contributed by atoms with E-state index in [1.807, 2.05) is 24.9 Å². The molecule has 0 radical (unpaired) electrons. The Balaban J connectivity index is 2.62. The minimum atomic E-state index is 0.607. The third kappa shape index (κ3) is 4.85. The molecule has 0 amide bonds. The zero-order chi connectivity index (χ0) is 13.4. The van der Waals surface area contributed by atoms with Crippen molar-refractivity contribution in [1.29, 1.82) is 0 Å². The van der Waals surface area contributed by atoms with Crippen molar-refractivity contribution in [2.45, 2.75) is 13.3 Å². The van der Waals surface area contributed by atoms with E-state index >= 15 is 0 Å². The Labute approximate surface area is 109 Å². The van der Waals surface area contributed by atoms with Gasteiger partial charge in [0.25, 0.3) is 0 Å². The van der Waals surface area contributed by atoms with Gasteiger partial charge in [-0.25, -0.2) is 9.97 Å². The SMILES string of the molecule is COCCCNc1cc(N(C)CCN)nc(C)n1. The van der Waals surface area contributed by atoms with Crippen molar-refractivity contribution in [1.82, 2.24) is 9.97 Å². The fourth-order valence-electron chi connectivity index (χ4n) is 1.58. The molecule has 18 heavy (non-hydrogen) atoms. The van der Waals surface area contributed by atoms with Crippen molar-refractivity contribution in [3.05, 3.63) is 11.9 Å². The Morgan fingerprint density at radius 1 is 1.44 bits per heavy atom. The lowest BCUT2D eigenvalue weighted by Gasteiger charge is -2.18. The molecular weight excluding hydrogens is 230 g/mol. The lowest BCUT2D eigenvalue weighted by atomic mass is 10.4. The molecule has 0 atom stereocenters. The zero-order valence-electron chi connectivity index (χ0n) is 11.4. The highest BCUT2D eigenvalue weighted by Crippen LogP contribution is 2.14. The van der Waals surface area contributed by atoms with Crippen LogP contribution in [0.4, 0.5) is 11.6 Å². The predicted molar refractivity (Wildman–Crippen MR) is 74.1 cm³/mol. The molecule has 0 bridgehead atoms. The number of nitrogens with zero attached hydrogens (tertiary/aromatic N) is 3. The van der Waals surface area contributed by atoms with Gasteiger partial charge in [-0.2, -0.15) is 0 Å². The molecular formula is C12H23N5O. The zero-order valence-corrected chi connectivity index (χ0v) is 11.4. The molecule has 0 fully saturated rings. The van der Waals surface area contributed by atoms with Crippen LogP contribution in [-0.2, 0) is 4.74 Å². The number of aromatic nitrogens is 2. The number of nitrogens with two attached hydrogens (primary N) is 1. The Kier molecular flexibility index (Phi) is 6.38. The highest BCUT2D eigenvalue weighted by molar-refractivity contribution is 5.48. The molecule has 0 unspecified atom stereocenters. The van der Waals surface area contributed by atoms with Crippen molar-refractivity contribution in [2.24, 2.45) is 5.73 Å². The Hall–Kier alpha value is -1.40. The third-order valence-electron chi connectivity index (χ3n) is 2.51. The average Bonchev–Trinajstić information content (AvgIpc) is 2.34. The summed E-state index contributed by atoms with van der Waals surface area (Å²) in [5.74, 6) is 2.49. The monoisotopic (exact) mass is 253 g/mol. The highest BCUT2D eigenvalue weighted by Gasteiger charge is 2.05. The molecule has 3 N–H and O–H groups in total. The van der Waals surface area contributed by atoms with Crippen molar-refractivity contribution >= 4 is 11.6 Å². The maximum atomic E-state index is 5.54. The predicted octanol–water partition coefficient (Wildman–Crippen LogP) is 0.628. The van der Waals surface area contributed by atoms with Gasteiger partial charge < -0.3 is 20.7 Å². The van der Waals surface area contributed by atoms with Crippen LogP contribution in [0.1, 0.15) is 12.2 Å². The number of ether oxygens (including phenoxy) is 1. The fraction of sp³-hybridized carbons (Fsp3) is 0.667. The molecule has 0 aliphatic rings. The molecule has 0 spiro atoms. The van der Waals surface area contributed by atoms with Gasteiger partial charge in [0.05, 0.1) is 0 Å². The molecule has 0 aliphatic carbocycles. The summed E-state index contributed by atoms with van der Waals surface area (Å²) in [5, 5.41) is 3.27. The van der Waals surface area contributed by atoms with Crippen molar-refractivity contribution < 1.29 is 4.74 Å². The quantitative estimate of drug-likeness (QED) is 0.662. The van der Waals surface area contributed by atoms with Crippen LogP contribution in [0.3, 0.4) is 0 Å². The van der Waals surface area contributed by atoms with Crippen LogP contribution in [0.2, 0.25) is 0 Å². The summed E-state index contributed by atoms with van der Waals surface area (Å²) in [4.78, 5) is 10.8. The Morgan fingerprint density at radius 2 is 2.22 bits per heavy atom. The standard InChI is InChI=1S/C12H23N5O/c1-10-15-11(14-6-4-8-18-3)9-12(16-10)17(2)7-5-13/h9H,4-8,13H2,1-3H3,(H,14,15,16). The van der Waals surface area contributed by atoms with Gasteiger partial charge >= 0.3 is 0 Å². The number of anilines is 2. The van der Waals surface area contributed by atoms with E-state index in [-0.39, 0.29) is 0 Å². The van der Waals surface area contributed by atoms with Gasteiger partial charge in [0, 0.05) is 46.5 Å². The second-order valence-electron chi connectivity index (χ2n) is 4.14. The van der Waals surface area contributed by atoms with Gasteiger partial charge in [0.15, 0.2) is 0 Å². The maximum Gasteiger partial charge on any atom is 0.134 e. The summed E-state index contributed by atoms with van der Waals surface area (Å²) in [5.41, 5.74) is 5.54. The summed E-state index contributed by atoms with van der Waals surface area (Å²) in [6.07, 6.45) is 0.952. The smallest absolute Gasteiger partial charge is 0.134 e. The first-order chi connectivity index (χ1) is 8.67. The molecule has 102 valence electrons. The van der Waals surface area contributed by atoms with E-state index in [9.17, 15) is 0 Å². The van der Waals surface area contributed by atoms with Crippen molar-refractivity contribution in [3.8, 4) is 0 Å². The number of hydrogen-bond acceptors (Lipinski definition) is 6. The molecule has 1 aromatic heterocycles. The molecule has 1 heterocycles. The molecule has 1 aromatic rings. The van der Waals surface area contributed by atoms with Crippen molar-refractivity contribution in [2.75, 3.05) is 50.6 Å². The van der Waals surface area contributed by atoms with Crippen LogP contribution in [-0.4, -0.2) is 50.4 Å². The van der Waals surface area contributed by atoms with Crippen LogP contribution in [0.5, 0.6) is 0 Å². The number of aryl methyl sites for hydroxylation is 1. The highest BCUT2D eigenvalue weighted by atomic mass is 16.5. The van der Waals surface area contributed by atoms with Gasteiger partial charge in [-0.1, -0.05) is 0 Å². The molecule has 0 aromatic carbocycles. The summed E-state index contributed by atoms with van der Waals surface area (Å²) in [6.45, 7) is 4.86. The van der Waals surface area contributed by atoms with E-state index in [1.54, 1.807) is 7.11 Å². The Bertz CT molecular complexity index is 358. The molecule has 0 saturated heterocycles. The van der Waals surface area contributed by atoms with Crippen LogP contribution in [0.15, 0.2) is 6.07 Å². The first kappa shape index (κ1) is 14.7. The summed E-state index contributed by atoms with van der Waals surface area (Å²) >= 11 is 0. The maximum absolute atomic E-state index is 5.54. The number of nitrogens with one attached hydrogen (secondary N) is 1. The lowest BCUT2D eigenvalue weighted by Crippen LogP contribution is -2.26. The third-order valence-corrected chi connectivity index (χ3v) is 2.51. The van der Waals surface area contributed by atoms with Crippen molar-refractivity contribution in [3.63, 3.8) is 0 Å². The second kappa shape index (κ2) is 7.84. The van der Waals surface area contributed by atoms with E-state index in [1.165, 1.54) is 0 Å². The van der Waals surface area contributed by atoms with Crippen LogP contribution in [0, 0.1) is 6.92 Å². The summed E-state index contributed by atoms with van der Waals surface area (Å²) < 4.78 is 5.00. The molecule has 1 rings (SSSR count).